The van der Waals surface area contributed by atoms with Crippen LogP contribution in [0.4, 0.5) is 0 Å². The van der Waals surface area contributed by atoms with E-state index in [1.807, 2.05) is 0 Å². The number of methoxy groups -OCH3 is 2. The van der Waals surface area contributed by atoms with Crippen LogP contribution < -0.4 is 14.2 Å². The van der Waals surface area contributed by atoms with E-state index in [2.05, 4.69) is 15.1 Å². The lowest BCUT2D eigenvalue weighted by molar-refractivity contribution is -0.137. The number of carbonyl (C=O) groups is 1. The molecule has 3 rings (SSSR count). The van der Waals surface area contributed by atoms with E-state index in [1.165, 1.54) is 30.5 Å². The topological polar surface area (TPSA) is 109 Å². The van der Waals surface area contributed by atoms with Crippen molar-refractivity contribution in [2.45, 2.75) is 6.54 Å². The Morgan fingerprint density at radius 2 is 1.96 bits per heavy atom. The molecule has 0 aliphatic carbocycles. The maximum absolute atomic E-state index is 10.7. The molecular weight excluding hydrogens is 316 g/mol. The zero-order valence-corrected chi connectivity index (χ0v) is 13.0. The summed E-state index contributed by atoms with van der Waals surface area (Å²) in [4.78, 5) is 19.0. The molecule has 0 atom stereocenters. The second kappa shape index (κ2) is 6.41. The molecule has 0 amide bonds. The average Bonchev–Trinajstić information content (AvgIpc) is 3.00. The molecule has 124 valence electrons. The lowest BCUT2D eigenvalue weighted by atomic mass is 10.2. The Labute approximate surface area is 136 Å². The van der Waals surface area contributed by atoms with Crippen LogP contribution in [0.25, 0.3) is 10.9 Å². The lowest BCUT2D eigenvalue weighted by Gasteiger charge is -2.10. The van der Waals surface area contributed by atoms with Crippen molar-refractivity contribution in [3.05, 3.63) is 30.9 Å². The van der Waals surface area contributed by atoms with E-state index >= 15 is 0 Å². The van der Waals surface area contributed by atoms with Gasteiger partial charge in [0.25, 0.3) is 0 Å². The van der Waals surface area contributed by atoms with Gasteiger partial charge in [0.2, 0.25) is 5.88 Å². The normalized spacial score (nSPS) is 10.6. The van der Waals surface area contributed by atoms with E-state index in [4.69, 9.17) is 19.3 Å². The maximum Gasteiger partial charge on any atom is 0.325 e. The minimum atomic E-state index is -0.992. The van der Waals surface area contributed by atoms with Crippen molar-refractivity contribution >= 4 is 16.9 Å². The Morgan fingerprint density at radius 3 is 2.67 bits per heavy atom. The Morgan fingerprint density at radius 1 is 1.21 bits per heavy atom. The van der Waals surface area contributed by atoms with E-state index in [0.29, 0.717) is 34.0 Å². The van der Waals surface area contributed by atoms with Gasteiger partial charge < -0.3 is 19.3 Å². The molecule has 0 aliphatic heterocycles. The molecule has 0 fully saturated rings. The van der Waals surface area contributed by atoms with E-state index in [1.54, 1.807) is 19.2 Å². The highest BCUT2D eigenvalue weighted by molar-refractivity contribution is 5.86. The van der Waals surface area contributed by atoms with Gasteiger partial charge in [0.05, 0.1) is 37.5 Å². The second-order valence-corrected chi connectivity index (χ2v) is 4.77. The smallest absolute Gasteiger partial charge is 0.325 e. The van der Waals surface area contributed by atoms with Gasteiger partial charge in [-0.1, -0.05) is 0 Å². The third-order valence-corrected chi connectivity index (χ3v) is 3.23. The summed E-state index contributed by atoms with van der Waals surface area (Å²) >= 11 is 0. The van der Waals surface area contributed by atoms with Crippen molar-refractivity contribution in [1.82, 2.24) is 19.7 Å². The van der Waals surface area contributed by atoms with E-state index in [9.17, 15) is 4.79 Å². The quantitative estimate of drug-likeness (QED) is 0.727. The lowest BCUT2D eigenvalue weighted by Crippen LogP contribution is -2.08. The number of benzene rings is 1. The average molecular weight is 330 g/mol. The third kappa shape index (κ3) is 3.05. The Bertz CT molecular complexity index is 893. The summed E-state index contributed by atoms with van der Waals surface area (Å²) in [5.41, 5.74) is 0.621. The fourth-order valence-corrected chi connectivity index (χ4v) is 2.17. The first-order valence-corrected chi connectivity index (χ1v) is 6.89. The molecule has 0 saturated carbocycles. The number of aliphatic carboxylic acids is 1. The molecule has 0 unspecified atom stereocenters. The predicted octanol–water partition coefficient (Wildman–Crippen LogP) is 1.72. The van der Waals surface area contributed by atoms with Gasteiger partial charge in [-0.05, 0) is 6.07 Å². The van der Waals surface area contributed by atoms with Gasteiger partial charge in [0.15, 0.2) is 17.2 Å². The van der Waals surface area contributed by atoms with Gasteiger partial charge in [-0.15, -0.1) is 0 Å². The second-order valence-electron chi connectivity index (χ2n) is 4.77. The van der Waals surface area contributed by atoms with Crippen LogP contribution in [0.3, 0.4) is 0 Å². The van der Waals surface area contributed by atoms with Gasteiger partial charge in [-0.3, -0.25) is 9.48 Å². The van der Waals surface area contributed by atoms with E-state index in [0.717, 1.165) is 0 Å². The number of carboxylic acids is 1. The zero-order chi connectivity index (χ0) is 17.1. The van der Waals surface area contributed by atoms with Crippen molar-refractivity contribution < 1.29 is 24.1 Å². The first kappa shape index (κ1) is 15.5. The number of aromatic nitrogens is 4. The predicted molar refractivity (Wildman–Crippen MR) is 82.6 cm³/mol. The molecule has 9 heteroatoms. The molecule has 9 nitrogen and oxygen atoms in total. The van der Waals surface area contributed by atoms with Crippen LogP contribution in [0.1, 0.15) is 0 Å². The number of carboxylic acid groups (broad SMARTS) is 1. The van der Waals surface area contributed by atoms with Crippen LogP contribution in [0, 0.1) is 0 Å². The summed E-state index contributed by atoms with van der Waals surface area (Å²) in [7, 11) is 3.07. The largest absolute Gasteiger partial charge is 0.493 e. The van der Waals surface area contributed by atoms with Crippen molar-refractivity contribution in [2.24, 2.45) is 0 Å². The third-order valence-electron chi connectivity index (χ3n) is 3.23. The number of hydrogen-bond acceptors (Lipinski definition) is 7. The van der Waals surface area contributed by atoms with Crippen molar-refractivity contribution in [3.63, 3.8) is 0 Å². The van der Waals surface area contributed by atoms with Crippen molar-refractivity contribution in [2.75, 3.05) is 14.2 Å². The minimum absolute atomic E-state index is 0.251. The minimum Gasteiger partial charge on any atom is -0.493 e. The van der Waals surface area contributed by atoms with Gasteiger partial charge >= 0.3 is 5.97 Å². The highest BCUT2D eigenvalue weighted by atomic mass is 16.5. The van der Waals surface area contributed by atoms with Crippen molar-refractivity contribution in [3.8, 4) is 23.1 Å². The molecule has 2 aromatic heterocycles. The number of rotatable bonds is 6. The molecule has 0 radical (unpaired) electrons. The van der Waals surface area contributed by atoms with Crippen LogP contribution >= 0.6 is 0 Å². The van der Waals surface area contributed by atoms with Gasteiger partial charge in [-0.25, -0.2) is 9.97 Å². The van der Waals surface area contributed by atoms with Gasteiger partial charge in [-0.2, -0.15) is 5.10 Å². The molecule has 0 bridgehead atoms. The van der Waals surface area contributed by atoms with Crippen LogP contribution in [0.15, 0.2) is 30.9 Å². The SMILES string of the molecule is COc1cc2ncnc(Oc3cnn(CC(=O)O)c3)c2cc1OC. The summed E-state index contributed by atoms with van der Waals surface area (Å²) in [5, 5.41) is 13.3. The highest BCUT2D eigenvalue weighted by Crippen LogP contribution is 2.35. The van der Waals surface area contributed by atoms with Crippen LogP contribution in [0.5, 0.6) is 23.1 Å². The number of fused-ring (bicyclic) bond motifs is 1. The molecule has 0 aliphatic rings. The first-order valence-electron chi connectivity index (χ1n) is 6.89. The molecule has 1 aromatic carbocycles. The maximum atomic E-state index is 10.7. The van der Waals surface area contributed by atoms with E-state index < -0.39 is 5.97 Å². The molecule has 3 aromatic rings. The first-order chi connectivity index (χ1) is 11.6. The fourth-order valence-electron chi connectivity index (χ4n) is 2.17. The summed E-state index contributed by atoms with van der Waals surface area (Å²) in [6, 6.07) is 3.43. The van der Waals surface area contributed by atoms with Crippen LogP contribution in [-0.2, 0) is 11.3 Å². The number of nitrogens with zero attached hydrogens (tertiary/aromatic N) is 4. The van der Waals surface area contributed by atoms with Gasteiger partial charge in [0.1, 0.15) is 12.9 Å². The number of ether oxygens (including phenoxy) is 3. The molecule has 0 saturated heterocycles. The Kier molecular flexibility index (Phi) is 4.15. The zero-order valence-electron chi connectivity index (χ0n) is 13.0. The molecule has 24 heavy (non-hydrogen) atoms. The number of hydrogen-bond donors (Lipinski definition) is 1. The summed E-state index contributed by atoms with van der Waals surface area (Å²) in [6.45, 7) is -0.251. The van der Waals surface area contributed by atoms with Crippen LogP contribution in [0.2, 0.25) is 0 Å². The standard InChI is InChI=1S/C15H14N4O5/c1-22-12-3-10-11(4-13(12)23-2)16-8-17-15(10)24-9-5-18-19(6-9)7-14(20)21/h3-6,8H,7H2,1-2H3,(H,20,21). The monoisotopic (exact) mass is 330 g/mol. The summed E-state index contributed by atoms with van der Waals surface area (Å²) < 4.78 is 17.5. The van der Waals surface area contributed by atoms with Crippen LogP contribution in [-0.4, -0.2) is 45.0 Å². The van der Waals surface area contributed by atoms with Crippen molar-refractivity contribution in [1.29, 1.82) is 0 Å². The van der Waals surface area contributed by atoms with E-state index in [-0.39, 0.29) is 6.54 Å². The molecule has 2 heterocycles. The fraction of sp³-hybridized carbons (Fsp3) is 0.200. The Hall–Kier alpha value is -3.36. The van der Waals surface area contributed by atoms with Gasteiger partial charge in [0, 0.05) is 6.07 Å². The Balaban J connectivity index is 1.97. The molecule has 0 spiro atoms. The molecular formula is C15H14N4O5. The summed E-state index contributed by atoms with van der Waals surface area (Å²) in [5.74, 6) is 0.742. The highest BCUT2D eigenvalue weighted by Gasteiger charge is 2.13. The summed E-state index contributed by atoms with van der Waals surface area (Å²) in [6.07, 6.45) is 4.26. The molecule has 1 N–H and O–H groups in total.